The predicted molar refractivity (Wildman–Crippen MR) is 86.3 cm³/mol. The van der Waals surface area contributed by atoms with Crippen molar-refractivity contribution in [3.8, 4) is 11.1 Å². The van der Waals surface area contributed by atoms with Crippen LogP contribution in [0.4, 0.5) is 11.6 Å². The van der Waals surface area contributed by atoms with Crippen LogP contribution in [-0.2, 0) is 16.0 Å². The highest BCUT2D eigenvalue weighted by Crippen LogP contribution is 2.33. The van der Waals surface area contributed by atoms with Crippen molar-refractivity contribution in [3.63, 3.8) is 0 Å². The van der Waals surface area contributed by atoms with Crippen molar-refractivity contribution in [2.75, 3.05) is 23.3 Å². The summed E-state index contributed by atoms with van der Waals surface area (Å²) >= 11 is 0. The number of benzene rings is 1. The van der Waals surface area contributed by atoms with Crippen molar-refractivity contribution in [2.45, 2.75) is 19.3 Å². The minimum absolute atomic E-state index is 0.0166. The van der Waals surface area contributed by atoms with Crippen molar-refractivity contribution in [2.24, 2.45) is 0 Å². The lowest BCUT2D eigenvalue weighted by atomic mass is 10.00. The summed E-state index contributed by atoms with van der Waals surface area (Å²) in [5, 5.41) is 2.85. The zero-order valence-corrected chi connectivity index (χ0v) is 12.6. The maximum absolute atomic E-state index is 11.6. The number of hydrogen-bond acceptors (Lipinski definition) is 5. The molecule has 6 heteroatoms. The molecule has 2 aromatic rings. The number of Topliss-reactive ketones (excluding diaryl/α,β-unsaturated/α-hetero) is 1. The van der Waals surface area contributed by atoms with Crippen molar-refractivity contribution in [1.29, 1.82) is 0 Å². The molecule has 1 aromatic carbocycles. The second-order valence-corrected chi connectivity index (χ2v) is 5.85. The van der Waals surface area contributed by atoms with Gasteiger partial charge in [0.15, 0.2) is 0 Å². The van der Waals surface area contributed by atoms with E-state index in [1.54, 1.807) is 12.4 Å². The van der Waals surface area contributed by atoms with Crippen molar-refractivity contribution < 1.29 is 9.59 Å². The van der Waals surface area contributed by atoms with Crippen LogP contribution in [0.5, 0.6) is 0 Å². The first kappa shape index (κ1) is 13.9. The van der Waals surface area contributed by atoms with Gasteiger partial charge in [-0.3, -0.25) is 9.59 Å². The van der Waals surface area contributed by atoms with Crippen molar-refractivity contribution in [3.05, 3.63) is 36.2 Å². The molecule has 1 fully saturated rings. The topological polar surface area (TPSA) is 75.2 Å². The highest BCUT2D eigenvalue weighted by molar-refractivity contribution is 6.01. The van der Waals surface area contributed by atoms with Crippen molar-refractivity contribution in [1.82, 2.24) is 9.97 Å². The van der Waals surface area contributed by atoms with Gasteiger partial charge in [0.25, 0.3) is 0 Å². The molecule has 0 spiro atoms. The van der Waals surface area contributed by atoms with E-state index in [-0.39, 0.29) is 5.91 Å². The lowest BCUT2D eigenvalue weighted by Gasteiger charge is -2.25. The summed E-state index contributed by atoms with van der Waals surface area (Å²) < 4.78 is 0. The van der Waals surface area contributed by atoms with E-state index < -0.39 is 0 Å². The summed E-state index contributed by atoms with van der Waals surface area (Å²) in [6.07, 6.45) is 5.09. The van der Waals surface area contributed by atoms with Gasteiger partial charge in [-0.2, -0.15) is 0 Å². The molecule has 2 aliphatic heterocycles. The zero-order valence-electron chi connectivity index (χ0n) is 12.6. The SMILES string of the molecule is O=C1CCN(c2ncc(-c3cccc4c3CC(=O)N4)cn2)CC1. The average Bonchev–Trinajstić information content (AvgIpc) is 2.96. The molecule has 6 nitrogen and oxygen atoms in total. The number of carbonyl (C=O) groups excluding carboxylic acids is 2. The van der Waals surface area contributed by atoms with Crippen LogP contribution in [0.1, 0.15) is 18.4 Å². The Morgan fingerprint density at radius 1 is 1.04 bits per heavy atom. The smallest absolute Gasteiger partial charge is 0.228 e. The number of amides is 1. The maximum Gasteiger partial charge on any atom is 0.228 e. The molecule has 0 aliphatic carbocycles. The number of fused-ring (bicyclic) bond motifs is 1. The third-order valence-corrected chi connectivity index (χ3v) is 4.34. The van der Waals surface area contributed by atoms with E-state index in [1.807, 2.05) is 23.1 Å². The lowest BCUT2D eigenvalue weighted by Crippen LogP contribution is -2.34. The predicted octanol–water partition coefficient (Wildman–Crippen LogP) is 1.81. The number of nitrogens with one attached hydrogen (secondary N) is 1. The Morgan fingerprint density at radius 3 is 2.52 bits per heavy atom. The third kappa shape index (κ3) is 2.56. The van der Waals surface area contributed by atoms with Gasteiger partial charge >= 0.3 is 0 Å². The first-order valence-corrected chi connectivity index (χ1v) is 7.71. The van der Waals surface area contributed by atoms with Gasteiger partial charge in [0.05, 0.1) is 6.42 Å². The van der Waals surface area contributed by atoms with Crippen molar-refractivity contribution >= 4 is 23.3 Å². The summed E-state index contributed by atoms with van der Waals surface area (Å²) in [4.78, 5) is 33.8. The van der Waals surface area contributed by atoms with Gasteiger partial charge in [-0.1, -0.05) is 12.1 Å². The summed E-state index contributed by atoms with van der Waals surface area (Å²) in [6.45, 7) is 1.36. The molecule has 1 amide bonds. The van der Waals surface area contributed by atoms with Gasteiger partial charge in [-0.05, 0) is 17.2 Å². The summed E-state index contributed by atoms with van der Waals surface area (Å²) in [5.41, 5.74) is 3.75. The van der Waals surface area contributed by atoms with Crippen LogP contribution in [-0.4, -0.2) is 34.7 Å². The molecule has 23 heavy (non-hydrogen) atoms. The quantitative estimate of drug-likeness (QED) is 0.915. The number of rotatable bonds is 2. The van der Waals surface area contributed by atoms with Crippen LogP contribution in [0.2, 0.25) is 0 Å². The van der Waals surface area contributed by atoms with E-state index in [4.69, 9.17) is 0 Å². The number of aromatic nitrogens is 2. The Balaban J connectivity index is 1.61. The Morgan fingerprint density at radius 2 is 1.78 bits per heavy atom. The van der Waals surface area contributed by atoms with E-state index in [0.29, 0.717) is 44.1 Å². The number of anilines is 2. The summed E-state index contributed by atoms with van der Waals surface area (Å²) in [5.74, 6) is 0.973. The molecule has 0 saturated carbocycles. The Hall–Kier alpha value is -2.76. The molecule has 0 atom stereocenters. The van der Waals surface area contributed by atoms with Crippen LogP contribution in [0.25, 0.3) is 11.1 Å². The normalized spacial score (nSPS) is 17.1. The minimum atomic E-state index is 0.0166. The van der Waals surface area contributed by atoms with Gasteiger partial charge in [0.2, 0.25) is 11.9 Å². The molecule has 2 aliphatic rings. The monoisotopic (exact) mass is 308 g/mol. The van der Waals surface area contributed by atoms with Gasteiger partial charge in [0, 0.05) is 49.6 Å². The zero-order chi connectivity index (χ0) is 15.8. The fourth-order valence-corrected chi connectivity index (χ4v) is 3.10. The second kappa shape index (κ2) is 5.46. The van der Waals surface area contributed by atoms with Crippen LogP contribution in [0.15, 0.2) is 30.6 Å². The van der Waals surface area contributed by atoms with Crippen LogP contribution >= 0.6 is 0 Å². The Kier molecular flexibility index (Phi) is 3.29. The maximum atomic E-state index is 11.6. The fraction of sp³-hybridized carbons (Fsp3) is 0.294. The van der Waals surface area contributed by atoms with E-state index >= 15 is 0 Å². The molecule has 1 N–H and O–H groups in total. The van der Waals surface area contributed by atoms with Gasteiger partial charge in [-0.15, -0.1) is 0 Å². The summed E-state index contributed by atoms with van der Waals surface area (Å²) in [7, 11) is 0. The number of ketones is 1. The first-order valence-electron chi connectivity index (χ1n) is 7.71. The van der Waals surface area contributed by atoms with Crippen LogP contribution in [0.3, 0.4) is 0 Å². The van der Waals surface area contributed by atoms with Gasteiger partial charge < -0.3 is 10.2 Å². The number of nitrogens with zero attached hydrogens (tertiary/aromatic N) is 3. The molecule has 3 heterocycles. The van der Waals surface area contributed by atoms with Gasteiger partial charge in [-0.25, -0.2) is 9.97 Å². The number of carbonyl (C=O) groups is 2. The molecule has 4 rings (SSSR count). The largest absolute Gasteiger partial charge is 0.340 e. The Labute approximate surface area is 133 Å². The molecular formula is C17H16N4O2. The second-order valence-electron chi connectivity index (χ2n) is 5.85. The molecule has 1 aromatic heterocycles. The third-order valence-electron chi connectivity index (χ3n) is 4.34. The number of hydrogen-bond donors (Lipinski definition) is 1. The molecule has 116 valence electrons. The standard InChI is InChI=1S/C17H16N4O2/c22-12-4-6-21(7-5-12)17-18-9-11(10-19-17)13-2-1-3-15-14(13)8-16(23)20-15/h1-3,9-10H,4-8H2,(H,20,23). The van der Waals surface area contributed by atoms with E-state index in [1.165, 1.54) is 0 Å². The molecule has 1 saturated heterocycles. The summed E-state index contributed by atoms with van der Waals surface area (Å²) in [6, 6.07) is 5.81. The molecular weight excluding hydrogens is 292 g/mol. The average molecular weight is 308 g/mol. The van der Waals surface area contributed by atoms with Crippen LogP contribution in [0, 0.1) is 0 Å². The molecule has 0 radical (unpaired) electrons. The van der Waals surface area contributed by atoms with E-state index in [9.17, 15) is 9.59 Å². The lowest BCUT2D eigenvalue weighted by molar-refractivity contribution is -0.119. The Bertz CT molecular complexity index is 776. The fourth-order valence-electron chi connectivity index (χ4n) is 3.10. The minimum Gasteiger partial charge on any atom is -0.340 e. The molecule has 0 unspecified atom stereocenters. The highest BCUT2D eigenvalue weighted by Gasteiger charge is 2.22. The van der Waals surface area contributed by atoms with Gasteiger partial charge in [0.1, 0.15) is 5.78 Å². The highest BCUT2D eigenvalue weighted by atomic mass is 16.1. The first-order chi connectivity index (χ1) is 11.2. The van der Waals surface area contributed by atoms with Crippen LogP contribution < -0.4 is 10.2 Å². The van der Waals surface area contributed by atoms with E-state index in [0.717, 1.165) is 22.4 Å². The molecule has 0 bridgehead atoms. The van der Waals surface area contributed by atoms with E-state index in [2.05, 4.69) is 15.3 Å². The number of piperidine rings is 1.